The molecule has 4 rings (SSSR count). The summed E-state index contributed by atoms with van der Waals surface area (Å²) in [6, 6.07) is 14.0. The Morgan fingerprint density at radius 1 is 1.14 bits per heavy atom. The Kier molecular flexibility index (Phi) is 6.02. The van der Waals surface area contributed by atoms with Crippen LogP contribution in [0.2, 0.25) is 0 Å². The van der Waals surface area contributed by atoms with Gasteiger partial charge in [0.25, 0.3) is 0 Å². The number of fused-ring (bicyclic) bond motifs is 2. The molecule has 0 saturated carbocycles. The molecule has 1 aliphatic heterocycles. The molecule has 8 heteroatoms. The van der Waals surface area contributed by atoms with Crippen molar-refractivity contribution in [2.45, 2.75) is 37.0 Å². The van der Waals surface area contributed by atoms with E-state index in [1.54, 1.807) is 36.4 Å². The smallest absolute Gasteiger partial charge is 1.00 e. The summed E-state index contributed by atoms with van der Waals surface area (Å²) >= 11 is 0. The fourth-order valence-electron chi connectivity index (χ4n) is 4.02. The Morgan fingerprint density at radius 3 is 2.52 bits per heavy atom. The van der Waals surface area contributed by atoms with E-state index in [9.17, 15) is 19.0 Å². The van der Waals surface area contributed by atoms with Crippen LogP contribution < -0.4 is 34.9 Å². The summed E-state index contributed by atoms with van der Waals surface area (Å²) in [4.78, 5) is 13.8. The minimum atomic E-state index is -3.49. The van der Waals surface area contributed by atoms with Crippen molar-refractivity contribution >= 4 is 33.8 Å². The zero-order valence-electron chi connectivity index (χ0n) is 17.6. The van der Waals surface area contributed by atoms with E-state index >= 15 is 0 Å². The minimum Gasteiger partial charge on any atom is -1.00 e. The van der Waals surface area contributed by atoms with Gasteiger partial charge in [0, 0.05) is 5.56 Å². The molecule has 29 heavy (non-hydrogen) atoms. The van der Waals surface area contributed by atoms with Gasteiger partial charge in [0.15, 0.2) is 11.6 Å². The molecule has 0 radical (unpaired) electrons. The van der Waals surface area contributed by atoms with Gasteiger partial charge >= 0.3 is 29.6 Å². The molecule has 2 aromatic carbocycles. The maximum atomic E-state index is 13.5. The number of hydrogen-bond acceptors (Lipinski definition) is 6. The number of anilines is 1. The van der Waals surface area contributed by atoms with E-state index in [1.807, 2.05) is 26.0 Å². The zero-order valence-corrected chi connectivity index (χ0v) is 19.5. The average molecular weight is 422 g/mol. The standard InChI is InChI=1S/C21H22N2O4S.Na.H/c1-3-12-21(2)14-9-5-4-8-13(14)18(24)17(19(21)25)20-22-15-10-6-7-11-16(15)28(26,27)23-20;;/h4-11,24,26-27H,3,12H2,1-2H3,(H,22,23);;/q;+1;-1. The van der Waals surface area contributed by atoms with Crippen molar-refractivity contribution in [3.8, 4) is 0 Å². The van der Waals surface area contributed by atoms with Crippen LogP contribution in [0.15, 0.2) is 63.4 Å². The number of carbonyl (C=O) groups is 1. The first-order valence-electron chi connectivity index (χ1n) is 9.12. The number of nitrogens with zero attached hydrogens (tertiary/aromatic N) is 1. The first kappa shape index (κ1) is 22.1. The third-order valence-electron chi connectivity index (χ3n) is 5.38. The van der Waals surface area contributed by atoms with Gasteiger partial charge in [0.2, 0.25) is 0 Å². The molecule has 0 bridgehead atoms. The molecule has 0 fully saturated rings. The first-order valence-corrected chi connectivity index (χ1v) is 10.6. The number of aliphatic hydroxyl groups is 1. The van der Waals surface area contributed by atoms with Gasteiger partial charge in [-0.15, -0.1) is 4.40 Å². The molecule has 6 nitrogen and oxygen atoms in total. The van der Waals surface area contributed by atoms with E-state index < -0.39 is 16.2 Å². The number of Topliss-reactive ketones (excluding diaryl/α,β-unsaturated/α-hetero) is 1. The van der Waals surface area contributed by atoms with Crippen molar-refractivity contribution in [2.24, 2.45) is 4.40 Å². The van der Waals surface area contributed by atoms with E-state index in [2.05, 4.69) is 9.71 Å². The van der Waals surface area contributed by atoms with Crippen molar-refractivity contribution in [1.29, 1.82) is 0 Å². The molecule has 0 aromatic heterocycles. The second-order valence-electron chi connectivity index (χ2n) is 7.26. The Morgan fingerprint density at radius 2 is 1.79 bits per heavy atom. The second-order valence-corrected chi connectivity index (χ2v) is 8.92. The molecule has 1 heterocycles. The van der Waals surface area contributed by atoms with Crippen LogP contribution in [0, 0.1) is 0 Å². The molecule has 148 valence electrons. The number of aliphatic hydroxyl groups excluding tert-OH is 1. The molecule has 1 aliphatic carbocycles. The third kappa shape index (κ3) is 3.46. The topological polar surface area (TPSA) is 102 Å². The summed E-state index contributed by atoms with van der Waals surface area (Å²) in [6.07, 6.45) is 1.38. The summed E-state index contributed by atoms with van der Waals surface area (Å²) < 4.78 is 25.1. The Labute approximate surface area is 195 Å². The van der Waals surface area contributed by atoms with Crippen LogP contribution in [-0.4, -0.2) is 25.8 Å². The van der Waals surface area contributed by atoms with Crippen LogP contribution in [0.25, 0.3) is 5.76 Å². The van der Waals surface area contributed by atoms with Gasteiger partial charge < -0.3 is 11.8 Å². The third-order valence-corrected chi connectivity index (χ3v) is 6.77. The minimum absolute atomic E-state index is 0. The van der Waals surface area contributed by atoms with Crippen LogP contribution in [-0.2, 0) is 10.2 Å². The number of benzene rings is 2. The SMILES string of the molecule is CCCC1(C)C(=O)C(C2=NS(O)(O)c3ccccc3N2)=C(O)c2ccccc21.[H-].[Na+]. The molecule has 0 saturated heterocycles. The molecule has 4 N–H and O–H groups in total. The van der Waals surface area contributed by atoms with Gasteiger partial charge in [-0.1, -0.05) is 60.5 Å². The monoisotopic (exact) mass is 422 g/mol. The molecule has 2 aliphatic rings. The van der Waals surface area contributed by atoms with Gasteiger partial charge in [-0.2, -0.15) is 0 Å². The molecular formula is C21H23N2NaO4S. The summed E-state index contributed by atoms with van der Waals surface area (Å²) in [5, 5.41) is 14.0. The van der Waals surface area contributed by atoms with Crippen molar-refractivity contribution in [3.05, 3.63) is 65.2 Å². The van der Waals surface area contributed by atoms with E-state index in [0.717, 1.165) is 12.0 Å². The first-order chi connectivity index (χ1) is 13.3. The predicted molar refractivity (Wildman–Crippen MR) is 113 cm³/mol. The van der Waals surface area contributed by atoms with Crippen LogP contribution in [0.3, 0.4) is 0 Å². The largest absolute Gasteiger partial charge is 1.00 e. The number of nitrogens with one attached hydrogen (secondary N) is 1. The van der Waals surface area contributed by atoms with E-state index in [4.69, 9.17) is 0 Å². The van der Waals surface area contributed by atoms with Gasteiger partial charge in [0.1, 0.15) is 16.2 Å². The quantitative estimate of drug-likeness (QED) is 0.569. The number of rotatable bonds is 3. The molecule has 1 atom stereocenters. The molecule has 0 amide bonds. The molecule has 2 aromatic rings. The van der Waals surface area contributed by atoms with Crippen molar-refractivity contribution in [3.63, 3.8) is 0 Å². The molecule has 1 unspecified atom stereocenters. The fourth-order valence-corrected chi connectivity index (χ4v) is 5.19. The van der Waals surface area contributed by atoms with Crippen LogP contribution in [0.4, 0.5) is 5.69 Å². The molecule has 0 spiro atoms. The van der Waals surface area contributed by atoms with E-state index in [1.165, 1.54) is 0 Å². The number of ketones is 1. The van der Waals surface area contributed by atoms with Gasteiger partial charge in [-0.3, -0.25) is 13.9 Å². The Bertz CT molecular complexity index is 1060. The predicted octanol–water partition coefficient (Wildman–Crippen LogP) is 2.26. The number of para-hydroxylation sites is 1. The van der Waals surface area contributed by atoms with Crippen LogP contribution in [0.1, 0.15) is 39.2 Å². The van der Waals surface area contributed by atoms with Crippen molar-refractivity contribution in [1.82, 2.24) is 0 Å². The van der Waals surface area contributed by atoms with Gasteiger partial charge in [0.05, 0.1) is 11.1 Å². The number of hydrogen-bond donors (Lipinski definition) is 4. The number of amidine groups is 1. The van der Waals surface area contributed by atoms with Crippen LogP contribution in [0.5, 0.6) is 0 Å². The van der Waals surface area contributed by atoms with Crippen molar-refractivity contribution < 1.29 is 50.0 Å². The average Bonchev–Trinajstić information content (AvgIpc) is 2.67. The Balaban J connectivity index is 0.00000160. The Hall–Kier alpha value is -1.61. The maximum Gasteiger partial charge on any atom is 1.00 e. The fraction of sp³-hybridized carbons (Fsp3) is 0.238. The van der Waals surface area contributed by atoms with Crippen LogP contribution >= 0.6 is 10.8 Å². The maximum absolute atomic E-state index is 13.5. The molecular weight excluding hydrogens is 399 g/mol. The second kappa shape index (κ2) is 7.91. The zero-order chi connectivity index (χ0) is 20.1. The summed E-state index contributed by atoms with van der Waals surface area (Å²) in [5.74, 6) is -0.501. The number of carbonyl (C=O) groups excluding carboxylic acids is 1. The summed E-state index contributed by atoms with van der Waals surface area (Å²) in [7, 11) is -3.49. The summed E-state index contributed by atoms with van der Waals surface area (Å²) in [5.41, 5.74) is 0.942. The van der Waals surface area contributed by atoms with E-state index in [-0.39, 0.29) is 58.8 Å². The van der Waals surface area contributed by atoms with Gasteiger partial charge in [-0.25, -0.2) is 0 Å². The van der Waals surface area contributed by atoms with Gasteiger partial charge in [-0.05, 0) is 31.0 Å². The summed E-state index contributed by atoms with van der Waals surface area (Å²) in [6.45, 7) is 3.86. The van der Waals surface area contributed by atoms with E-state index in [0.29, 0.717) is 17.7 Å². The van der Waals surface area contributed by atoms with Crippen molar-refractivity contribution in [2.75, 3.05) is 5.32 Å². The normalized spacial score (nSPS) is 23.2.